The van der Waals surface area contributed by atoms with Crippen LogP contribution in [0.15, 0.2) is 66.3 Å². The van der Waals surface area contributed by atoms with Crippen molar-refractivity contribution in [2.75, 3.05) is 25.1 Å². The molecule has 1 aromatic carbocycles. The third-order valence-electron chi connectivity index (χ3n) is 4.10. The van der Waals surface area contributed by atoms with Crippen molar-refractivity contribution in [1.82, 2.24) is 0 Å². The number of methoxy groups -OCH3 is 1. The van der Waals surface area contributed by atoms with Crippen LogP contribution in [-0.2, 0) is 4.74 Å². The van der Waals surface area contributed by atoms with Crippen LogP contribution in [0.4, 0.5) is 5.69 Å². The molecule has 0 spiro atoms. The molecule has 1 aliphatic rings. The molecule has 0 saturated heterocycles. The second-order valence-electron chi connectivity index (χ2n) is 5.56. The first-order valence-electron chi connectivity index (χ1n) is 8.37. The summed E-state index contributed by atoms with van der Waals surface area (Å²) in [6.07, 6.45) is 16.0. The predicted octanol–water partition coefficient (Wildman–Crippen LogP) is 5.00. The van der Waals surface area contributed by atoms with Gasteiger partial charge in [0.25, 0.3) is 0 Å². The first-order chi connectivity index (χ1) is 11.3. The van der Waals surface area contributed by atoms with E-state index in [2.05, 4.69) is 85.5 Å². The second kappa shape index (κ2) is 9.16. The van der Waals surface area contributed by atoms with Gasteiger partial charge in [0.05, 0.1) is 6.10 Å². The van der Waals surface area contributed by atoms with E-state index in [4.69, 9.17) is 4.74 Å². The minimum absolute atomic E-state index is 0.229. The summed E-state index contributed by atoms with van der Waals surface area (Å²) in [5.74, 6) is 0. The van der Waals surface area contributed by atoms with E-state index >= 15 is 0 Å². The molecule has 1 atom stereocenters. The number of allylic oxidation sites excluding steroid dienone is 5. The molecule has 0 saturated carbocycles. The van der Waals surface area contributed by atoms with Gasteiger partial charge in [0.15, 0.2) is 0 Å². The summed E-state index contributed by atoms with van der Waals surface area (Å²) in [7, 11) is 1.75. The average Bonchev–Trinajstić information content (AvgIpc) is 2.61. The molecule has 1 aromatic rings. The van der Waals surface area contributed by atoms with E-state index in [0.717, 1.165) is 19.5 Å². The molecule has 0 fully saturated rings. The van der Waals surface area contributed by atoms with Gasteiger partial charge in [-0.1, -0.05) is 54.7 Å². The van der Waals surface area contributed by atoms with Gasteiger partial charge in [-0.05, 0) is 43.5 Å². The lowest BCUT2D eigenvalue weighted by molar-refractivity contribution is 0.142. The number of nitrogens with zero attached hydrogens (tertiary/aromatic N) is 1. The Morgan fingerprint density at radius 3 is 2.35 bits per heavy atom. The summed E-state index contributed by atoms with van der Waals surface area (Å²) >= 11 is 0. The molecule has 0 bridgehead atoms. The van der Waals surface area contributed by atoms with Crippen LogP contribution < -0.4 is 4.90 Å². The summed E-state index contributed by atoms with van der Waals surface area (Å²) in [5.41, 5.74) is 3.74. The zero-order valence-electron chi connectivity index (χ0n) is 14.4. The Morgan fingerprint density at radius 2 is 1.78 bits per heavy atom. The zero-order chi connectivity index (χ0) is 16.5. The van der Waals surface area contributed by atoms with Crippen LogP contribution in [0.2, 0.25) is 0 Å². The van der Waals surface area contributed by atoms with Crippen LogP contribution in [0.1, 0.15) is 25.8 Å². The molecule has 2 nitrogen and oxygen atoms in total. The molecular formula is C21H27NO. The highest BCUT2D eigenvalue weighted by molar-refractivity contribution is 5.57. The molecule has 0 heterocycles. The third-order valence-corrected chi connectivity index (χ3v) is 4.10. The fourth-order valence-corrected chi connectivity index (χ4v) is 2.63. The highest BCUT2D eigenvalue weighted by Gasteiger charge is 2.04. The van der Waals surface area contributed by atoms with Crippen molar-refractivity contribution in [3.8, 4) is 0 Å². The summed E-state index contributed by atoms with van der Waals surface area (Å²) in [6.45, 7) is 6.46. The number of hydrogen-bond donors (Lipinski definition) is 0. The molecular weight excluding hydrogens is 282 g/mol. The Kier molecular flexibility index (Phi) is 6.89. The summed E-state index contributed by atoms with van der Waals surface area (Å²) in [4.78, 5) is 2.35. The quantitative estimate of drug-likeness (QED) is 0.657. The smallest absolute Gasteiger partial charge is 0.0789 e. The molecule has 0 amide bonds. The lowest BCUT2D eigenvalue weighted by Gasteiger charge is -2.20. The fourth-order valence-electron chi connectivity index (χ4n) is 2.63. The van der Waals surface area contributed by atoms with Gasteiger partial charge < -0.3 is 9.64 Å². The van der Waals surface area contributed by atoms with Gasteiger partial charge in [-0.15, -0.1) is 0 Å². The Morgan fingerprint density at radius 1 is 1.09 bits per heavy atom. The zero-order valence-corrected chi connectivity index (χ0v) is 14.4. The maximum Gasteiger partial charge on any atom is 0.0789 e. The number of anilines is 1. The lowest BCUT2D eigenvalue weighted by atomic mass is 10.0. The monoisotopic (exact) mass is 309 g/mol. The van der Waals surface area contributed by atoms with Crippen molar-refractivity contribution in [3.05, 3.63) is 71.9 Å². The molecule has 2 rings (SSSR count). The largest absolute Gasteiger partial charge is 0.377 e. The van der Waals surface area contributed by atoms with Crippen LogP contribution in [0.5, 0.6) is 0 Å². The van der Waals surface area contributed by atoms with Gasteiger partial charge in [0.1, 0.15) is 0 Å². The molecule has 0 aromatic heterocycles. The Bertz CT molecular complexity index is 589. The Hall–Kier alpha value is -2.06. The molecule has 2 heteroatoms. The van der Waals surface area contributed by atoms with E-state index in [1.165, 1.54) is 16.8 Å². The average molecular weight is 309 g/mol. The number of hydrogen-bond acceptors (Lipinski definition) is 2. The van der Waals surface area contributed by atoms with Gasteiger partial charge in [-0.2, -0.15) is 0 Å². The Balaban J connectivity index is 1.90. The van der Waals surface area contributed by atoms with E-state index in [9.17, 15) is 0 Å². The van der Waals surface area contributed by atoms with E-state index in [0.29, 0.717) is 0 Å². The van der Waals surface area contributed by atoms with Crippen molar-refractivity contribution in [1.29, 1.82) is 0 Å². The topological polar surface area (TPSA) is 12.5 Å². The first-order valence-corrected chi connectivity index (χ1v) is 8.37. The van der Waals surface area contributed by atoms with Crippen molar-refractivity contribution >= 4 is 11.8 Å². The van der Waals surface area contributed by atoms with Crippen LogP contribution >= 0.6 is 0 Å². The van der Waals surface area contributed by atoms with Gasteiger partial charge in [-0.25, -0.2) is 0 Å². The molecule has 0 N–H and O–H groups in total. The lowest BCUT2D eigenvalue weighted by Crippen LogP contribution is -2.21. The van der Waals surface area contributed by atoms with E-state index < -0.39 is 0 Å². The highest BCUT2D eigenvalue weighted by Crippen LogP contribution is 2.16. The van der Waals surface area contributed by atoms with E-state index in [-0.39, 0.29) is 6.10 Å². The van der Waals surface area contributed by atoms with Gasteiger partial charge in [0, 0.05) is 25.9 Å². The SMILES string of the molecule is CCN(CC)c1ccc(/C=C/C=C/C2=CCC(OC)C=C2)cc1. The molecule has 0 radical (unpaired) electrons. The predicted molar refractivity (Wildman–Crippen MR) is 101 cm³/mol. The molecule has 122 valence electrons. The van der Waals surface area contributed by atoms with Crippen molar-refractivity contribution in [3.63, 3.8) is 0 Å². The van der Waals surface area contributed by atoms with Gasteiger partial charge in [-0.3, -0.25) is 0 Å². The van der Waals surface area contributed by atoms with Gasteiger partial charge in [0.2, 0.25) is 0 Å². The second-order valence-corrected chi connectivity index (χ2v) is 5.56. The van der Waals surface area contributed by atoms with Crippen molar-refractivity contribution in [2.45, 2.75) is 26.4 Å². The van der Waals surface area contributed by atoms with Crippen LogP contribution in [0.25, 0.3) is 6.08 Å². The van der Waals surface area contributed by atoms with Crippen molar-refractivity contribution in [2.24, 2.45) is 0 Å². The first kappa shape index (κ1) is 17.3. The standard InChI is InChI=1S/C21H27NO/c1-4-22(5-2)20-14-10-18(11-15-20)8-6-7-9-19-12-16-21(23-3)17-13-19/h6-16,21H,4-5,17H2,1-3H3/b8-6+,9-7+. The maximum absolute atomic E-state index is 5.29. The fraction of sp³-hybridized carbons (Fsp3) is 0.333. The minimum atomic E-state index is 0.229. The van der Waals surface area contributed by atoms with Gasteiger partial charge >= 0.3 is 0 Å². The molecule has 0 aliphatic heterocycles. The Labute approximate surface area is 140 Å². The van der Waals surface area contributed by atoms with Crippen LogP contribution in [0, 0.1) is 0 Å². The summed E-state index contributed by atoms with van der Waals surface area (Å²) in [6, 6.07) is 8.71. The van der Waals surface area contributed by atoms with E-state index in [1.54, 1.807) is 7.11 Å². The summed E-state index contributed by atoms with van der Waals surface area (Å²) < 4.78 is 5.29. The maximum atomic E-state index is 5.29. The number of rotatable bonds is 7. The van der Waals surface area contributed by atoms with E-state index in [1.807, 2.05) is 0 Å². The third kappa shape index (κ3) is 5.26. The van der Waals surface area contributed by atoms with Crippen LogP contribution in [-0.4, -0.2) is 26.3 Å². The molecule has 23 heavy (non-hydrogen) atoms. The number of benzene rings is 1. The molecule has 1 unspecified atom stereocenters. The highest BCUT2D eigenvalue weighted by atomic mass is 16.5. The normalized spacial score (nSPS) is 17.9. The summed E-state index contributed by atoms with van der Waals surface area (Å²) in [5, 5.41) is 0. The van der Waals surface area contributed by atoms with Crippen molar-refractivity contribution < 1.29 is 4.74 Å². The number of ether oxygens (including phenoxy) is 1. The van der Waals surface area contributed by atoms with Crippen LogP contribution in [0.3, 0.4) is 0 Å². The molecule has 1 aliphatic carbocycles. The minimum Gasteiger partial charge on any atom is -0.377 e.